The van der Waals surface area contributed by atoms with Crippen LogP contribution in [0.2, 0.25) is 0 Å². The summed E-state index contributed by atoms with van der Waals surface area (Å²) >= 11 is 0. The number of benzene rings is 1. The molecule has 0 spiro atoms. The molecule has 2 rings (SSSR count). The van der Waals surface area contributed by atoms with Gasteiger partial charge in [-0.2, -0.15) is 0 Å². The van der Waals surface area contributed by atoms with Crippen molar-refractivity contribution in [2.45, 2.75) is 52.1 Å². The summed E-state index contributed by atoms with van der Waals surface area (Å²) in [6.45, 7) is 5.74. The molecule has 2 atom stereocenters. The van der Waals surface area contributed by atoms with E-state index in [1.165, 1.54) is 36.9 Å². The third-order valence-electron chi connectivity index (χ3n) is 4.48. The molecule has 0 heterocycles. The van der Waals surface area contributed by atoms with Crippen LogP contribution in [-0.2, 0) is 6.54 Å². The van der Waals surface area contributed by atoms with Gasteiger partial charge in [0.05, 0.1) is 0 Å². The molecule has 1 N–H and O–H groups in total. The zero-order chi connectivity index (χ0) is 14.5. The molecule has 2 nitrogen and oxygen atoms in total. The molecule has 20 heavy (non-hydrogen) atoms. The Bertz CT molecular complexity index is 394. The van der Waals surface area contributed by atoms with Crippen LogP contribution in [0.25, 0.3) is 0 Å². The molecule has 1 aromatic carbocycles. The highest BCUT2D eigenvalue weighted by Crippen LogP contribution is 2.31. The van der Waals surface area contributed by atoms with Crippen molar-refractivity contribution in [3.8, 4) is 0 Å². The van der Waals surface area contributed by atoms with Crippen LogP contribution in [0.4, 0.5) is 5.69 Å². The summed E-state index contributed by atoms with van der Waals surface area (Å²) in [5.41, 5.74) is 2.66. The predicted octanol–water partition coefficient (Wildman–Crippen LogP) is 4.37. The van der Waals surface area contributed by atoms with Gasteiger partial charge in [0.15, 0.2) is 0 Å². The highest BCUT2D eigenvalue weighted by molar-refractivity contribution is 5.45. The predicted molar refractivity (Wildman–Crippen MR) is 88.0 cm³/mol. The van der Waals surface area contributed by atoms with E-state index >= 15 is 0 Å². The van der Waals surface area contributed by atoms with E-state index in [-0.39, 0.29) is 0 Å². The number of anilines is 1. The maximum Gasteiger partial charge on any atom is 0.0342 e. The fourth-order valence-electron chi connectivity index (χ4n) is 3.27. The Hall–Kier alpha value is -1.02. The van der Waals surface area contributed by atoms with Crippen molar-refractivity contribution in [3.63, 3.8) is 0 Å². The van der Waals surface area contributed by atoms with Gasteiger partial charge < -0.3 is 10.2 Å². The van der Waals surface area contributed by atoms with Gasteiger partial charge in [0.25, 0.3) is 0 Å². The first-order valence-corrected chi connectivity index (χ1v) is 8.05. The Morgan fingerprint density at radius 2 is 1.85 bits per heavy atom. The van der Waals surface area contributed by atoms with E-state index in [0.29, 0.717) is 6.04 Å². The van der Waals surface area contributed by atoms with Crippen molar-refractivity contribution in [1.82, 2.24) is 4.90 Å². The van der Waals surface area contributed by atoms with Crippen molar-refractivity contribution in [3.05, 3.63) is 29.8 Å². The first-order chi connectivity index (χ1) is 9.54. The van der Waals surface area contributed by atoms with E-state index in [0.717, 1.165) is 18.4 Å². The van der Waals surface area contributed by atoms with Gasteiger partial charge in [0.1, 0.15) is 0 Å². The molecule has 0 aliphatic heterocycles. The van der Waals surface area contributed by atoms with Gasteiger partial charge >= 0.3 is 0 Å². The number of nitrogens with one attached hydrogen (secondary N) is 1. The van der Waals surface area contributed by atoms with E-state index in [1.807, 2.05) is 0 Å². The molecule has 0 aromatic heterocycles. The first kappa shape index (κ1) is 15.4. The van der Waals surface area contributed by atoms with Gasteiger partial charge in [-0.3, -0.25) is 0 Å². The van der Waals surface area contributed by atoms with Crippen LogP contribution >= 0.6 is 0 Å². The molecule has 1 saturated carbocycles. The largest absolute Gasteiger partial charge is 0.382 e. The van der Waals surface area contributed by atoms with Crippen molar-refractivity contribution in [2.24, 2.45) is 11.8 Å². The van der Waals surface area contributed by atoms with Crippen molar-refractivity contribution < 1.29 is 0 Å². The zero-order valence-electron chi connectivity index (χ0n) is 13.5. The van der Waals surface area contributed by atoms with Crippen LogP contribution in [-0.4, -0.2) is 25.0 Å². The number of nitrogens with zero attached hydrogens (tertiary/aromatic N) is 1. The normalized spacial score (nSPS) is 23.3. The molecule has 1 aliphatic carbocycles. The van der Waals surface area contributed by atoms with Gasteiger partial charge in [-0.25, -0.2) is 0 Å². The smallest absolute Gasteiger partial charge is 0.0342 e. The van der Waals surface area contributed by atoms with Gasteiger partial charge in [-0.05, 0) is 56.5 Å². The molecule has 2 unspecified atom stereocenters. The second-order valence-electron chi connectivity index (χ2n) is 6.95. The molecule has 112 valence electrons. The van der Waals surface area contributed by atoms with E-state index in [9.17, 15) is 0 Å². The van der Waals surface area contributed by atoms with Gasteiger partial charge in [-0.15, -0.1) is 0 Å². The Morgan fingerprint density at radius 3 is 2.45 bits per heavy atom. The maximum atomic E-state index is 3.73. The molecule has 2 heteroatoms. The summed E-state index contributed by atoms with van der Waals surface area (Å²) < 4.78 is 0. The molecule has 0 saturated heterocycles. The van der Waals surface area contributed by atoms with Gasteiger partial charge in [-0.1, -0.05) is 38.8 Å². The molecule has 1 aromatic rings. The highest BCUT2D eigenvalue weighted by Gasteiger charge is 2.23. The van der Waals surface area contributed by atoms with Crippen LogP contribution in [0.3, 0.4) is 0 Å². The Kier molecular flexibility index (Phi) is 5.47. The Balaban J connectivity index is 1.89. The van der Waals surface area contributed by atoms with Crippen LogP contribution in [0.15, 0.2) is 24.3 Å². The second-order valence-corrected chi connectivity index (χ2v) is 6.95. The van der Waals surface area contributed by atoms with Crippen molar-refractivity contribution >= 4 is 5.69 Å². The summed E-state index contributed by atoms with van der Waals surface area (Å²) in [5, 5.41) is 3.73. The standard InChI is InChI=1S/C18H30N2/c1-14(2)16-6-5-7-18(12-16)19-17-10-8-15(9-11-17)13-20(3)4/h8-11,14,16,18-19H,5-7,12-13H2,1-4H3. The minimum atomic E-state index is 0.663. The molecule has 0 bridgehead atoms. The quantitative estimate of drug-likeness (QED) is 0.857. The minimum absolute atomic E-state index is 0.663. The van der Waals surface area contributed by atoms with Crippen LogP contribution in [0.5, 0.6) is 0 Å². The van der Waals surface area contributed by atoms with E-state index in [4.69, 9.17) is 0 Å². The van der Waals surface area contributed by atoms with Crippen LogP contribution < -0.4 is 5.32 Å². The van der Waals surface area contributed by atoms with Crippen molar-refractivity contribution in [1.29, 1.82) is 0 Å². The van der Waals surface area contributed by atoms with E-state index < -0.39 is 0 Å². The average Bonchev–Trinajstić information content (AvgIpc) is 2.41. The Labute approximate surface area is 124 Å². The van der Waals surface area contributed by atoms with Crippen LogP contribution in [0, 0.1) is 11.8 Å². The second kappa shape index (κ2) is 7.12. The zero-order valence-corrected chi connectivity index (χ0v) is 13.5. The summed E-state index contributed by atoms with van der Waals surface area (Å²) in [6.07, 6.45) is 5.44. The molecule has 0 amide bonds. The Morgan fingerprint density at radius 1 is 1.15 bits per heavy atom. The van der Waals surface area contributed by atoms with Crippen LogP contribution in [0.1, 0.15) is 45.1 Å². The minimum Gasteiger partial charge on any atom is -0.382 e. The molecular formula is C18H30N2. The topological polar surface area (TPSA) is 15.3 Å². The fourth-order valence-corrected chi connectivity index (χ4v) is 3.27. The lowest BCUT2D eigenvalue weighted by molar-refractivity contribution is 0.264. The number of hydrogen-bond acceptors (Lipinski definition) is 2. The fraction of sp³-hybridized carbons (Fsp3) is 0.667. The average molecular weight is 274 g/mol. The SMILES string of the molecule is CC(C)C1CCCC(Nc2ccc(CN(C)C)cc2)C1. The lowest BCUT2D eigenvalue weighted by Crippen LogP contribution is -2.29. The molecular weight excluding hydrogens is 244 g/mol. The van der Waals surface area contributed by atoms with Gasteiger partial charge in [0, 0.05) is 18.3 Å². The third-order valence-corrected chi connectivity index (χ3v) is 4.48. The number of rotatable bonds is 5. The van der Waals surface area contributed by atoms with E-state index in [2.05, 4.69) is 62.4 Å². The van der Waals surface area contributed by atoms with E-state index in [1.54, 1.807) is 0 Å². The summed E-state index contributed by atoms with van der Waals surface area (Å²) in [5.74, 6) is 1.72. The molecule has 1 aliphatic rings. The third kappa shape index (κ3) is 4.52. The highest BCUT2D eigenvalue weighted by atomic mass is 15.0. The summed E-state index contributed by atoms with van der Waals surface area (Å²) in [6, 6.07) is 9.61. The van der Waals surface area contributed by atoms with Gasteiger partial charge in [0.2, 0.25) is 0 Å². The first-order valence-electron chi connectivity index (χ1n) is 8.05. The molecule has 0 radical (unpaired) electrons. The summed E-state index contributed by atoms with van der Waals surface area (Å²) in [7, 11) is 4.22. The monoisotopic (exact) mass is 274 g/mol. The maximum absolute atomic E-state index is 3.73. The van der Waals surface area contributed by atoms with Crippen molar-refractivity contribution in [2.75, 3.05) is 19.4 Å². The lowest BCUT2D eigenvalue weighted by Gasteiger charge is -2.32. The molecule has 1 fully saturated rings. The lowest BCUT2D eigenvalue weighted by atomic mass is 9.79. The summed E-state index contributed by atoms with van der Waals surface area (Å²) in [4.78, 5) is 2.21. The number of hydrogen-bond donors (Lipinski definition) is 1.